The molecule has 18 heavy (non-hydrogen) atoms. The Hall–Kier alpha value is -1.06. The van der Waals surface area contributed by atoms with E-state index in [1.54, 1.807) is 0 Å². The molecule has 4 heteroatoms. The van der Waals surface area contributed by atoms with Crippen molar-refractivity contribution in [3.8, 4) is 0 Å². The van der Waals surface area contributed by atoms with Crippen LogP contribution in [0, 0.1) is 11.8 Å². The molecule has 0 fully saturated rings. The third kappa shape index (κ3) is 9.02. The summed E-state index contributed by atoms with van der Waals surface area (Å²) in [5.41, 5.74) is 0. The van der Waals surface area contributed by atoms with Crippen LogP contribution in [0.2, 0.25) is 0 Å². The van der Waals surface area contributed by atoms with Crippen molar-refractivity contribution in [3.63, 3.8) is 0 Å². The van der Waals surface area contributed by atoms with Crippen LogP contribution in [-0.2, 0) is 9.59 Å². The van der Waals surface area contributed by atoms with Gasteiger partial charge in [0.05, 0.1) is 0 Å². The van der Waals surface area contributed by atoms with Crippen molar-refractivity contribution in [2.45, 2.75) is 65.8 Å². The average molecular weight is 257 g/mol. The first-order valence-electron chi connectivity index (χ1n) is 6.85. The van der Waals surface area contributed by atoms with Crippen LogP contribution in [0.4, 0.5) is 0 Å². The molecule has 0 aliphatic heterocycles. The van der Waals surface area contributed by atoms with Crippen molar-refractivity contribution >= 4 is 11.9 Å². The van der Waals surface area contributed by atoms with Crippen LogP contribution in [0.15, 0.2) is 0 Å². The van der Waals surface area contributed by atoms with Crippen LogP contribution in [0.5, 0.6) is 0 Å². The molecule has 0 spiro atoms. The van der Waals surface area contributed by atoms with Gasteiger partial charge >= 0.3 is 5.97 Å². The zero-order chi connectivity index (χ0) is 14.1. The number of carbonyl (C=O) groups is 2. The number of amides is 1. The first kappa shape index (κ1) is 16.9. The number of unbranched alkanes of at least 4 members (excludes halogenated alkanes) is 1. The number of hydrogen-bond acceptors (Lipinski definition) is 2. The highest BCUT2D eigenvalue weighted by Crippen LogP contribution is 2.10. The van der Waals surface area contributed by atoms with E-state index in [4.69, 9.17) is 5.11 Å². The largest absolute Gasteiger partial charge is 0.480 e. The van der Waals surface area contributed by atoms with Gasteiger partial charge < -0.3 is 10.4 Å². The lowest BCUT2D eigenvalue weighted by Gasteiger charge is -2.15. The van der Waals surface area contributed by atoms with E-state index in [0.717, 1.165) is 19.3 Å². The van der Waals surface area contributed by atoms with E-state index >= 15 is 0 Å². The van der Waals surface area contributed by atoms with Gasteiger partial charge in [0.25, 0.3) is 0 Å². The van der Waals surface area contributed by atoms with Gasteiger partial charge in [0.1, 0.15) is 6.04 Å². The number of aliphatic carboxylic acids is 1. The van der Waals surface area contributed by atoms with E-state index < -0.39 is 12.0 Å². The molecule has 0 heterocycles. The third-order valence-corrected chi connectivity index (χ3v) is 2.75. The fraction of sp³-hybridized carbons (Fsp3) is 0.857. The maximum atomic E-state index is 11.5. The van der Waals surface area contributed by atoms with E-state index in [-0.39, 0.29) is 11.8 Å². The van der Waals surface area contributed by atoms with Crippen LogP contribution in [0.25, 0.3) is 0 Å². The summed E-state index contributed by atoms with van der Waals surface area (Å²) in [4.78, 5) is 22.6. The molecule has 0 radical (unpaired) electrons. The second kappa shape index (κ2) is 8.95. The molecule has 0 unspecified atom stereocenters. The maximum Gasteiger partial charge on any atom is 0.326 e. The minimum Gasteiger partial charge on any atom is -0.480 e. The third-order valence-electron chi connectivity index (χ3n) is 2.75. The zero-order valence-corrected chi connectivity index (χ0v) is 12.0. The Morgan fingerprint density at radius 3 is 2.00 bits per heavy atom. The molecule has 0 rings (SSSR count). The van der Waals surface area contributed by atoms with E-state index in [2.05, 4.69) is 19.2 Å². The summed E-state index contributed by atoms with van der Waals surface area (Å²) in [5, 5.41) is 11.6. The fourth-order valence-electron chi connectivity index (χ4n) is 1.78. The molecule has 2 N–H and O–H groups in total. The number of carboxylic acids is 1. The van der Waals surface area contributed by atoms with E-state index in [1.807, 2.05) is 13.8 Å². The van der Waals surface area contributed by atoms with E-state index in [9.17, 15) is 9.59 Å². The zero-order valence-electron chi connectivity index (χ0n) is 12.0. The summed E-state index contributed by atoms with van der Waals surface area (Å²) in [6.07, 6.45) is 3.87. The van der Waals surface area contributed by atoms with Crippen molar-refractivity contribution < 1.29 is 14.7 Å². The van der Waals surface area contributed by atoms with Gasteiger partial charge in [-0.3, -0.25) is 4.79 Å². The monoisotopic (exact) mass is 257 g/mol. The summed E-state index contributed by atoms with van der Waals surface area (Å²) < 4.78 is 0. The molecule has 1 amide bonds. The van der Waals surface area contributed by atoms with Gasteiger partial charge in [0, 0.05) is 6.42 Å². The first-order chi connectivity index (χ1) is 8.32. The Kier molecular flexibility index (Phi) is 8.42. The quantitative estimate of drug-likeness (QED) is 0.624. The normalized spacial score (nSPS) is 12.8. The van der Waals surface area contributed by atoms with Crippen molar-refractivity contribution in [2.75, 3.05) is 0 Å². The van der Waals surface area contributed by atoms with Crippen molar-refractivity contribution in [1.82, 2.24) is 5.32 Å². The highest BCUT2D eigenvalue weighted by Gasteiger charge is 2.19. The standard InChI is InChI=1S/C14H27NO3/c1-10(2)7-5-6-8-12(14(17)18)15-13(16)9-11(3)4/h10-12H,5-9H2,1-4H3,(H,15,16)(H,17,18)/t12-/m1/s1. The van der Waals surface area contributed by atoms with Crippen LogP contribution in [0.3, 0.4) is 0 Å². The molecular formula is C14H27NO3. The number of hydrogen-bond donors (Lipinski definition) is 2. The predicted octanol–water partition coefficient (Wildman–Crippen LogP) is 2.82. The number of carbonyl (C=O) groups excluding carboxylic acids is 1. The molecule has 0 saturated carbocycles. The Morgan fingerprint density at radius 2 is 1.56 bits per heavy atom. The topological polar surface area (TPSA) is 66.4 Å². The predicted molar refractivity (Wildman–Crippen MR) is 72.3 cm³/mol. The highest BCUT2D eigenvalue weighted by atomic mass is 16.4. The minimum atomic E-state index is -0.934. The number of carboxylic acid groups (broad SMARTS) is 1. The van der Waals surface area contributed by atoms with Crippen molar-refractivity contribution in [1.29, 1.82) is 0 Å². The summed E-state index contributed by atoms with van der Waals surface area (Å²) in [6, 6.07) is -0.733. The van der Waals surface area contributed by atoms with Gasteiger partial charge in [-0.2, -0.15) is 0 Å². The van der Waals surface area contributed by atoms with E-state index in [1.165, 1.54) is 0 Å². The van der Waals surface area contributed by atoms with Crippen LogP contribution >= 0.6 is 0 Å². The van der Waals surface area contributed by atoms with Gasteiger partial charge in [-0.25, -0.2) is 4.79 Å². The van der Waals surface area contributed by atoms with Crippen LogP contribution in [0.1, 0.15) is 59.8 Å². The smallest absolute Gasteiger partial charge is 0.326 e. The van der Waals surface area contributed by atoms with Gasteiger partial charge in [0.15, 0.2) is 0 Å². The molecular weight excluding hydrogens is 230 g/mol. The highest BCUT2D eigenvalue weighted by molar-refractivity contribution is 5.83. The summed E-state index contributed by atoms with van der Waals surface area (Å²) in [7, 11) is 0. The van der Waals surface area contributed by atoms with Gasteiger partial charge in [-0.15, -0.1) is 0 Å². The second-order valence-corrected chi connectivity index (χ2v) is 5.73. The summed E-state index contributed by atoms with van der Waals surface area (Å²) >= 11 is 0. The molecule has 4 nitrogen and oxygen atoms in total. The Balaban J connectivity index is 4.00. The fourth-order valence-corrected chi connectivity index (χ4v) is 1.78. The first-order valence-corrected chi connectivity index (χ1v) is 6.85. The van der Waals surface area contributed by atoms with Gasteiger partial charge in [0.2, 0.25) is 5.91 Å². The van der Waals surface area contributed by atoms with E-state index in [0.29, 0.717) is 18.8 Å². The Morgan fingerprint density at radius 1 is 1.00 bits per heavy atom. The second-order valence-electron chi connectivity index (χ2n) is 5.73. The molecule has 106 valence electrons. The average Bonchev–Trinajstić information content (AvgIpc) is 2.20. The van der Waals surface area contributed by atoms with Crippen molar-refractivity contribution in [3.05, 3.63) is 0 Å². The number of rotatable bonds is 9. The van der Waals surface area contributed by atoms with Gasteiger partial charge in [-0.05, 0) is 18.3 Å². The lowest BCUT2D eigenvalue weighted by Crippen LogP contribution is -2.41. The van der Waals surface area contributed by atoms with Gasteiger partial charge in [-0.1, -0.05) is 47.0 Å². The molecule has 0 aliphatic carbocycles. The molecule has 0 aromatic carbocycles. The lowest BCUT2D eigenvalue weighted by molar-refractivity contribution is -0.142. The lowest BCUT2D eigenvalue weighted by atomic mass is 10.0. The summed E-state index contributed by atoms with van der Waals surface area (Å²) in [6.45, 7) is 8.19. The van der Waals surface area contributed by atoms with Crippen LogP contribution in [-0.4, -0.2) is 23.0 Å². The van der Waals surface area contributed by atoms with Crippen molar-refractivity contribution in [2.24, 2.45) is 11.8 Å². The molecule has 0 bridgehead atoms. The van der Waals surface area contributed by atoms with Crippen LogP contribution < -0.4 is 5.32 Å². The molecule has 1 atom stereocenters. The Bertz CT molecular complexity index is 262. The molecule has 0 aromatic heterocycles. The molecule has 0 aromatic rings. The molecule has 0 aliphatic rings. The molecule has 0 saturated heterocycles. The minimum absolute atomic E-state index is 0.166. The Labute approximate surface area is 110 Å². The maximum absolute atomic E-state index is 11.5. The summed E-state index contributed by atoms with van der Waals surface area (Å²) in [5.74, 6) is -0.206. The number of nitrogens with one attached hydrogen (secondary N) is 1. The SMILES string of the molecule is CC(C)CCCC[C@@H](NC(=O)CC(C)C)C(=O)O.